The minimum Gasteiger partial charge on any atom is -0.367 e. The summed E-state index contributed by atoms with van der Waals surface area (Å²) in [5.41, 5.74) is 0.950. The van der Waals surface area contributed by atoms with Crippen molar-refractivity contribution in [3.05, 3.63) is 17.9 Å². The monoisotopic (exact) mass is 503 g/mol. The first kappa shape index (κ1) is 27.9. The quantitative estimate of drug-likeness (QED) is 0.666. The molecular formula is C26H42FN7O2. The number of carbonyl (C=O) groups excluding carboxylic acids is 2. The zero-order valence-electron chi connectivity index (χ0n) is 22.4. The number of amides is 3. The van der Waals surface area contributed by atoms with Crippen LogP contribution in [0.5, 0.6) is 0 Å². The van der Waals surface area contributed by atoms with Gasteiger partial charge in [-0.2, -0.15) is 5.10 Å². The van der Waals surface area contributed by atoms with Crippen LogP contribution in [-0.4, -0.2) is 79.0 Å². The molecule has 0 radical (unpaired) electrons. The molecule has 3 aliphatic rings. The number of hydrogen-bond donors (Lipinski definition) is 2. The number of carbonyl (C=O) groups is 2. The molecule has 9 nitrogen and oxygen atoms in total. The molecule has 0 bridgehead atoms. The van der Waals surface area contributed by atoms with Crippen LogP contribution in [0.25, 0.3) is 10.9 Å². The fourth-order valence-electron chi connectivity index (χ4n) is 5.11. The molecule has 2 N–H and O–H groups in total. The summed E-state index contributed by atoms with van der Waals surface area (Å²) in [6, 6.07) is 3.11. The number of anilines is 2. The maximum Gasteiger partial charge on any atom is 0.329 e. The van der Waals surface area contributed by atoms with E-state index in [1.807, 2.05) is 33.8 Å². The normalized spacial score (nSPS) is 19.4. The minimum atomic E-state index is -0.518. The largest absolute Gasteiger partial charge is 0.367 e. The number of imide groups is 1. The van der Waals surface area contributed by atoms with E-state index in [9.17, 15) is 9.59 Å². The van der Waals surface area contributed by atoms with Crippen molar-refractivity contribution in [3.63, 3.8) is 0 Å². The van der Waals surface area contributed by atoms with Gasteiger partial charge in [0.05, 0.1) is 5.69 Å². The lowest BCUT2D eigenvalue weighted by molar-refractivity contribution is -0.120. The standard InChI is InChI=1S/C22H30FN7O2.2C2H6/c1-27-20-16(21(26-27)30-9-6-18(31)25-22(30)32)2-3-17(19(20)23)29-12-10-28(11-13-29)14-15-4-7-24-8-5-15;2*1-2/h2-3,15,24H,4-14H2,1H3,(H,25,31,32);2*1-2H3. The Morgan fingerprint density at radius 2 is 1.67 bits per heavy atom. The number of hydrogen-bond acceptors (Lipinski definition) is 6. The lowest BCUT2D eigenvalue weighted by Gasteiger charge is -2.38. The van der Waals surface area contributed by atoms with E-state index in [1.165, 1.54) is 22.4 Å². The lowest BCUT2D eigenvalue weighted by atomic mass is 9.97. The van der Waals surface area contributed by atoms with Crippen LogP contribution in [0.2, 0.25) is 0 Å². The highest BCUT2D eigenvalue weighted by Gasteiger charge is 2.30. The summed E-state index contributed by atoms with van der Waals surface area (Å²) in [6.07, 6.45) is 2.67. The van der Waals surface area contributed by atoms with E-state index in [2.05, 4.69) is 25.5 Å². The molecule has 0 unspecified atom stereocenters. The molecule has 0 saturated carbocycles. The van der Waals surface area contributed by atoms with E-state index in [0.29, 0.717) is 22.4 Å². The second-order valence-electron chi connectivity index (χ2n) is 8.98. The second-order valence-corrected chi connectivity index (χ2v) is 8.98. The van der Waals surface area contributed by atoms with Gasteiger partial charge < -0.3 is 10.2 Å². The number of piperazine rings is 1. The van der Waals surface area contributed by atoms with Crippen LogP contribution in [-0.2, 0) is 11.8 Å². The molecule has 0 atom stereocenters. The first-order valence-electron chi connectivity index (χ1n) is 13.5. The highest BCUT2D eigenvalue weighted by Crippen LogP contribution is 2.34. The van der Waals surface area contributed by atoms with Gasteiger partial charge in [-0.1, -0.05) is 27.7 Å². The molecule has 1 aromatic carbocycles. The van der Waals surface area contributed by atoms with Gasteiger partial charge in [0.15, 0.2) is 11.6 Å². The SMILES string of the molecule is CC.CC.Cn1nc(N2CCC(=O)NC2=O)c2ccc(N3CCN(CC4CCNCC4)CC3)c(F)c21. The molecule has 0 aliphatic carbocycles. The molecule has 200 valence electrons. The zero-order chi connectivity index (χ0) is 26.2. The van der Waals surface area contributed by atoms with Crippen molar-refractivity contribution >= 4 is 34.3 Å². The molecule has 2 aromatic rings. The van der Waals surface area contributed by atoms with Gasteiger partial charge in [0.25, 0.3) is 0 Å². The Kier molecular flexibility index (Phi) is 10.1. The predicted molar refractivity (Wildman–Crippen MR) is 143 cm³/mol. The van der Waals surface area contributed by atoms with Gasteiger partial charge in [-0.15, -0.1) is 0 Å². The van der Waals surface area contributed by atoms with Crippen LogP contribution in [0.1, 0.15) is 47.0 Å². The van der Waals surface area contributed by atoms with Gasteiger partial charge in [-0.05, 0) is 44.0 Å². The molecule has 5 rings (SSSR count). The van der Waals surface area contributed by atoms with E-state index >= 15 is 4.39 Å². The van der Waals surface area contributed by atoms with Gasteiger partial charge in [-0.25, -0.2) is 9.18 Å². The van der Waals surface area contributed by atoms with Crippen LogP contribution in [0.4, 0.5) is 20.7 Å². The summed E-state index contributed by atoms with van der Waals surface area (Å²) < 4.78 is 17.1. The van der Waals surface area contributed by atoms with Crippen molar-refractivity contribution in [2.45, 2.75) is 47.0 Å². The zero-order valence-corrected chi connectivity index (χ0v) is 22.4. The molecular weight excluding hydrogens is 461 g/mol. The Balaban J connectivity index is 0.000000861. The third-order valence-electron chi connectivity index (χ3n) is 6.90. The molecule has 3 aliphatic heterocycles. The number of piperidine rings is 1. The Morgan fingerprint density at radius 1 is 1.00 bits per heavy atom. The second kappa shape index (κ2) is 13.0. The van der Waals surface area contributed by atoms with Crippen LogP contribution in [0, 0.1) is 11.7 Å². The summed E-state index contributed by atoms with van der Waals surface area (Å²) in [7, 11) is 1.68. The minimum absolute atomic E-state index is 0.200. The summed E-state index contributed by atoms with van der Waals surface area (Å²) in [5.74, 6) is 0.513. The molecule has 0 spiro atoms. The average Bonchev–Trinajstić information content (AvgIpc) is 3.24. The smallest absolute Gasteiger partial charge is 0.329 e. The number of halogens is 1. The molecule has 36 heavy (non-hydrogen) atoms. The number of nitrogens with zero attached hydrogens (tertiary/aromatic N) is 5. The van der Waals surface area contributed by atoms with E-state index < -0.39 is 6.03 Å². The summed E-state index contributed by atoms with van der Waals surface area (Å²) >= 11 is 0. The highest BCUT2D eigenvalue weighted by atomic mass is 19.1. The van der Waals surface area contributed by atoms with Crippen LogP contribution >= 0.6 is 0 Å². The van der Waals surface area contributed by atoms with Crippen molar-refractivity contribution < 1.29 is 14.0 Å². The van der Waals surface area contributed by atoms with Crippen molar-refractivity contribution in [2.75, 3.05) is 62.2 Å². The molecule has 4 heterocycles. The number of aromatic nitrogens is 2. The summed E-state index contributed by atoms with van der Waals surface area (Å²) in [5, 5.41) is 10.7. The topological polar surface area (TPSA) is 85.7 Å². The van der Waals surface area contributed by atoms with Gasteiger partial charge >= 0.3 is 6.03 Å². The Labute approximate surface area is 214 Å². The summed E-state index contributed by atoms with van der Waals surface area (Å²) in [6.45, 7) is 15.0. The van der Waals surface area contributed by atoms with E-state index in [0.717, 1.165) is 51.7 Å². The molecule has 3 amide bonds. The van der Waals surface area contributed by atoms with Gasteiger partial charge in [0.1, 0.15) is 5.52 Å². The van der Waals surface area contributed by atoms with Crippen LogP contribution in [0.3, 0.4) is 0 Å². The van der Waals surface area contributed by atoms with Gasteiger partial charge in [0.2, 0.25) is 5.91 Å². The predicted octanol–water partition coefficient (Wildman–Crippen LogP) is 3.33. The number of nitrogens with one attached hydrogen (secondary N) is 2. The summed E-state index contributed by atoms with van der Waals surface area (Å²) in [4.78, 5) is 29.7. The van der Waals surface area contributed by atoms with Crippen LogP contribution < -0.4 is 20.4 Å². The molecule has 1 aromatic heterocycles. The first-order chi connectivity index (χ1) is 17.5. The number of fused-ring (bicyclic) bond motifs is 1. The lowest BCUT2D eigenvalue weighted by Crippen LogP contribution is -2.49. The number of benzene rings is 1. The van der Waals surface area contributed by atoms with Gasteiger partial charge in [-0.3, -0.25) is 24.6 Å². The number of aryl methyl sites for hydroxylation is 1. The molecule has 3 fully saturated rings. The molecule has 10 heteroatoms. The first-order valence-corrected chi connectivity index (χ1v) is 13.5. The Morgan fingerprint density at radius 3 is 2.31 bits per heavy atom. The fraction of sp³-hybridized carbons (Fsp3) is 0.654. The maximum absolute atomic E-state index is 15.6. The number of urea groups is 1. The van der Waals surface area contributed by atoms with Crippen molar-refractivity contribution in [1.82, 2.24) is 25.3 Å². The Hall–Kier alpha value is -2.72. The van der Waals surface area contributed by atoms with Crippen molar-refractivity contribution in [2.24, 2.45) is 13.0 Å². The van der Waals surface area contributed by atoms with Crippen LogP contribution in [0.15, 0.2) is 12.1 Å². The van der Waals surface area contributed by atoms with Crippen molar-refractivity contribution in [3.8, 4) is 0 Å². The van der Waals surface area contributed by atoms with Crippen molar-refractivity contribution in [1.29, 1.82) is 0 Å². The third-order valence-corrected chi connectivity index (χ3v) is 6.90. The number of rotatable bonds is 4. The Bertz CT molecular complexity index is 1030. The third kappa shape index (κ3) is 5.98. The fourth-order valence-corrected chi connectivity index (χ4v) is 5.11. The van der Waals surface area contributed by atoms with E-state index in [-0.39, 0.29) is 24.7 Å². The maximum atomic E-state index is 15.6. The van der Waals surface area contributed by atoms with E-state index in [4.69, 9.17) is 0 Å². The average molecular weight is 504 g/mol. The molecule has 3 saturated heterocycles. The van der Waals surface area contributed by atoms with Gasteiger partial charge in [0, 0.05) is 58.1 Å². The van der Waals surface area contributed by atoms with E-state index in [1.54, 1.807) is 13.1 Å². The highest BCUT2D eigenvalue weighted by molar-refractivity contribution is 6.09.